The maximum absolute atomic E-state index is 9.67. The molecule has 0 amide bonds. The number of rotatable bonds is 14. The van der Waals surface area contributed by atoms with Crippen molar-refractivity contribution in [2.45, 2.75) is 63.6 Å². The molecule has 5 heteroatoms. The largest absolute Gasteiger partial charge is 0.396 e. The van der Waals surface area contributed by atoms with Crippen LogP contribution in [0, 0.1) is 0 Å². The molecule has 0 aliphatic rings. The van der Waals surface area contributed by atoms with Crippen molar-refractivity contribution in [2.24, 2.45) is 0 Å². The molecule has 0 saturated heterocycles. The molecule has 0 aliphatic carbocycles. The van der Waals surface area contributed by atoms with Crippen LogP contribution in [-0.4, -0.2) is 59.1 Å². The molecule has 0 bridgehead atoms. The molecule has 0 rings (SSSR count). The van der Waals surface area contributed by atoms with Gasteiger partial charge in [0.15, 0.2) is 0 Å². The van der Waals surface area contributed by atoms with Crippen molar-refractivity contribution in [3.63, 3.8) is 0 Å². The van der Waals surface area contributed by atoms with E-state index in [1.165, 1.54) is 0 Å². The molecule has 0 aromatic heterocycles. The second-order valence-corrected chi connectivity index (χ2v) is 4.92. The molecule has 116 valence electrons. The average molecular weight is 278 g/mol. The normalized spacial score (nSPS) is 14.5. The van der Waals surface area contributed by atoms with Crippen LogP contribution in [0.25, 0.3) is 0 Å². The van der Waals surface area contributed by atoms with Gasteiger partial charge in [0.25, 0.3) is 0 Å². The van der Waals surface area contributed by atoms with E-state index in [0.29, 0.717) is 6.42 Å². The summed E-state index contributed by atoms with van der Waals surface area (Å²) in [7, 11) is 0. The first-order valence-corrected chi connectivity index (χ1v) is 7.38. The van der Waals surface area contributed by atoms with Crippen LogP contribution in [0.15, 0.2) is 0 Å². The van der Waals surface area contributed by atoms with Crippen LogP contribution in [0.3, 0.4) is 0 Å². The maximum atomic E-state index is 9.67. The van der Waals surface area contributed by atoms with E-state index in [-0.39, 0.29) is 26.4 Å². The van der Waals surface area contributed by atoms with Gasteiger partial charge in [0, 0.05) is 6.61 Å². The van der Waals surface area contributed by atoms with E-state index < -0.39 is 12.2 Å². The molecule has 2 atom stereocenters. The predicted octanol–water partition coefficient (Wildman–Crippen LogP) is 0.830. The van der Waals surface area contributed by atoms with Crippen LogP contribution in [0.5, 0.6) is 0 Å². The topological polar surface area (TPSA) is 90.2 Å². The fourth-order valence-electron chi connectivity index (χ4n) is 1.92. The first kappa shape index (κ1) is 18.8. The van der Waals surface area contributed by atoms with E-state index in [1.54, 1.807) is 0 Å². The van der Waals surface area contributed by atoms with Crippen molar-refractivity contribution in [1.82, 2.24) is 0 Å². The number of hydrogen-bond donors (Lipinski definition) is 4. The third-order valence-corrected chi connectivity index (χ3v) is 3.13. The third-order valence-electron chi connectivity index (χ3n) is 3.13. The summed E-state index contributed by atoms with van der Waals surface area (Å²) in [4.78, 5) is 0. The first-order chi connectivity index (χ1) is 9.22. The minimum Gasteiger partial charge on any atom is -0.396 e. The SMILES string of the molecule is OCCCCCCCCCC(O)C(O)COCCO. The highest BCUT2D eigenvalue weighted by atomic mass is 16.5. The van der Waals surface area contributed by atoms with Gasteiger partial charge >= 0.3 is 0 Å². The Bertz CT molecular complexity index is 177. The van der Waals surface area contributed by atoms with Crippen LogP contribution in [0.1, 0.15) is 51.4 Å². The summed E-state index contributed by atoms with van der Waals surface area (Å²) >= 11 is 0. The highest BCUT2D eigenvalue weighted by Crippen LogP contribution is 2.11. The lowest BCUT2D eigenvalue weighted by molar-refractivity contribution is -0.0462. The van der Waals surface area contributed by atoms with E-state index in [4.69, 9.17) is 14.9 Å². The predicted molar refractivity (Wildman–Crippen MR) is 73.9 cm³/mol. The van der Waals surface area contributed by atoms with Gasteiger partial charge in [-0.3, -0.25) is 0 Å². The summed E-state index contributed by atoms with van der Waals surface area (Å²) in [5.41, 5.74) is 0. The summed E-state index contributed by atoms with van der Waals surface area (Å²) in [5, 5.41) is 36.4. The van der Waals surface area contributed by atoms with Gasteiger partial charge in [0.2, 0.25) is 0 Å². The lowest BCUT2D eigenvalue weighted by Gasteiger charge is -2.17. The number of ether oxygens (including phenoxy) is 1. The van der Waals surface area contributed by atoms with Gasteiger partial charge in [0.1, 0.15) is 6.10 Å². The molecular weight excluding hydrogens is 248 g/mol. The van der Waals surface area contributed by atoms with Crippen molar-refractivity contribution >= 4 is 0 Å². The summed E-state index contributed by atoms with van der Waals surface area (Å²) in [6.07, 6.45) is 6.36. The van der Waals surface area contributed by atoms with Crippen LogP contribution in [0.2, 0.25) is 0 Å². The Morgan fingerprint density at radius 2 is 1.26 bits per heavy atom. The van der Waals surface area contributed by atoms with E-state index in [2.05, 4.69) is 0 Å². The molecule has 0 saturated carbocycles. The molecule has 4 N–H and O–H groups in total. The van der Waals surface area contributed by atoms with Gasteiger partial charge < -0.3 is 25.2 Å². The molecule has 0 aromatic carbocycles. The zero-order valence-corrected chi connectivity index (χ0v) is 11.8. The van der Waals surface area contributed by atoms with Crippen LogP contribution in [-0.2, 0) is 4.74 Å². The Morgan fingerprint density at radius 1 is 0.684 bits per heavy atom. The van der Waals surface area contributed by atoms with E-state index in [0.717, 1.165) is 44.9 Å². The number of aliphatic hydroxyl groups excluding tert-OH is 4. The smallest absolute Gasteiger partial charge is 0.103 e. The van der Waals surface area contributed by atoms with Crippen molar-refractivity contribution in [3.05, 3.63) is 0 Å². The number of aliphatic hydroxyl groups is 4. The molecule has 0 aliphatic heterocycles. The van der Waals surface area contributed by atoms with Gasteiger partial charge in [0.05, 0.1) is 25.9 Å². The molecule has 0 spiro atoms. The van der Waals surface area contributed by atoms with Crippen molar-refractivity contribution < 1.29 is 25.2 Å². The van der Waals surface area contributed by atoms with E-state index >= 15 is 0 Å². The fraction of sp³-hybridized carbons (Fsp3) is 1.00. The highest BCUT2D eigenvalue weighted by molar-refractivity contribution is 4.66. The number of hydrogen-bond acceptors (Lipinski definition) is 5. The second kappa shape index (κ2) is 14.2. The zero-order chi connectivity index (χ0) is 14.3. The van der Waals surface area contributed by atoms with Gasteiger partial charge in [-0.2, -0.15) is 0 Å². The third kappa shape index (κ3) is 12.6. The van der Waals surface area contributed by atoms with Crippen molar-refractivity contribution in [1.29, 1.82) is 0 Å². The zero-order valence-electron chi connectivity index (χ0n) is 11.8. The molecule has 0 heterocycles. The van der Waals surface area contributed by atoms with Gasteiger partial charge in [-0.05, 0) is 12.8 Å². The van der Waals surface area contributed by atoms with Gasteiger partial charge in [-0.15, -0.1) is 0 Å². The molecule has 19 heavy (non-hydrogen) atoms. The molecule has 0 aromatic rings. The average Bonchev–Trinajstić information content (AvgIpc) is 2.41. The first-order valence-electron chi connectivity index (χ1n) is 7.38. The molecule has 0 radical (unpaired) electrons. The fourth-order valence-corrected chi connectivity index (χ4v) is 1.92. The maximum Gasteiger partial charge on any atom is 0.103 e. The van der Waals surface area contributed by atoms with Gasteiger partial charge in [-0.1, -0.05) is 38.5 Å². The standard InChI is InChI=1S/C14H30O5/c15-9-7-5-3-1-2-4-6-8-13(17)14(18)12-19-11-10-16/h13-18H,1-12H2. The van der Waals surface area contributed by atoms with Gasteiger partial charge in [-0.25, -0.2) is 0 Å². The number of unbranched alkanes of at least 4 members (excludes halogenated alkanes) is 6. The minimum atomic E-state index is -0.865. The summed E-state index contributed by atoms with van der Waals surface area (Å²) < 4.78 is 4.97. The minimum absolute atomic E-state index is 0.0703. The molecule has 2 unspecified atom stereocenters. The molecule has 0 fully saturated rings. The van der Waals surface area contributed by atoms with Crippen LogP contribution < -0.4 is 0 Å². The Labute approximate surface area is 116 Å². The van der Waals surface area contributed by atoms with E-state index in [9.17, 15) is 10.2 Å². The molecule has 5 nitrogen and oxygen atoms in total. The Morgan fingerprint density at radius 3 is 1.84 bits per heavy atom. The van der Waals surface area contributed by atoms with Crippen molar-refractivity contribution in [2.75, 3.05) is 26.4 Å². The summed E-state index contributed by atoms with van der Waals surface area (Å²) in [6, 6.07) is 0. The van der Waals surface area contributed by atoms with Crippen LogP contribution in [0.4, 0.5) is 0 Å². The second-order valence-electron chi connectivity index (χ2n) is 4.92. The Balaban J connectivity index is 3.29. The quantitative estimate of drug-likeness (QED) is 0.353. The van der Waals surface area contributed by atoms with Crippen LogP contribution >= 0.6 is 0 Å². The van der Waals surface area contributed by atoms with Crippen molar-refractivity contribution in [3.8, 4) is 0 Å². The monoisotopic (exact) mass is 278 g/mol. The summed E-state index contributed by atoms with van der Waals surface area (Å²) in [5.74, 6) is 0. The lowest BCUT2D eigenvalue weighted by Crippen LogP contribution is -2.30. The van der Waals surface area contributed by atoms with E-state index in [1.807, 2.05) is 0 Å². The Kier molecular flexibility index (Phi) is 14.1. The lowest BCUT2D eigenvalue weighted by atomic mass is 10.0. The highest BCUT2D eigenvalue weighted by Gasteiger charge is 2.15. The summed E-state index contributed by atoms with van der Waals surface area (Å²) in [6.45, 7) is 0.474. The Hall–Kier alpha value is -0.200. The molecular formula is C14H30O5.